The highest BCUT2D eigenvalue weighted by Crippen LogP contribution is 2.32. The summed E-state index contributed by atoms with van der Waals surface area (Å²) in [7, 11) is 0. The molecule has 0 aliphatic rings. The highest BCUT2D eigenvalue weighted by Gasteiger charge is 2.09. The van der Waals surface area contributed by atoms with Gasteiger partial charge in [-0.15, -0.1) is 11.3 Å². The van der Waals surface area contributed by atoms with E-state index in [1.54, 1.807) is 17.4 Å². The Balaban J connectivity index is 2.39. The van der Waals surface area contributed by atoms with Crippen molar-refractivity contribution in [3.8, 4) is 22.8 Å². The summed E-state index contributed by atoms with van der Waals surface area (Å²) in [4.78, 5) is 4.48. The van der Waals surface area contributed by atoms with Crippen LogP contribution in [0, 0.1) is 0 Å². The Bertz CT molecular complexity index is 505. The van der Waals surface area contributed by atoms with Crippen LogP contribution >= 0.6 is 11.3 Å². The molecule has 1 heterocycles. The van der Waals surface area contributed by atoms with Crippen molar-refractivity contribution in [1.29, 1.82) is 0 Å². The summed E-state index contributed by atoms with van der Waals surface area (Å²) in [6.07, 6.45) is 0. The van der Waals surface area contributed by atoms with E-state index in [0.717, 1.165) is 16.3 Å². The minimum absolute atomic E-state index is 0.108. The van der Waals surface area contributed by atoms with Crippen LogP contribution in [0.15, 0.2) is 23.6 Å². The lowest BCUT2D eigenvalue weighted by Crippen LogP contribution is -1.85. The van der Waals surface area contributed by atoms with E-state index in [-0.39, 0.29) is 11.5 Å². The Labute approximate surface area is 98.0 Å². The van der Waals surface area contributed by atoms with Gasteiger partial charge in [0.1, 0.15) is 0 Å². The molecule has 2 rings (SSSR count). The highest BCUT2D eigenvalue weighted by atomic mass is 32.1. The molecule has 0 amide bonds. The molecular formula is C12H13NO2S. The van der Waals surface area contributed by atoms with Crippen LogP contribution in [-0.4, -0.2) is 15.2 Å². The number of rotatable bonds is 2. The molecular weight excluding hydrogens is 222 g/mol. The number of thiazole rings is 1. The van der Waals surface area contributed by atoms with Crippen molar-refractivity contribution >= 4 is 11.3 Å². The summed E-state index contributed by atoms with van der Waals surface area (Å²) in [6, 6.07) is 4.74. The molecule has 1 aromatic carbocycles. The van der Waals surface area contributed by atoms with Crippen LogP contribution in [0.25, 0.3) is 11.3 Å². The Hall–Kier alpha value is -1.55. The zero-order valence-electron chi connectivity index (χ0n) is 9.14. The highest BCUT2D eigenvalue weighted by molar-refractivity contribution is 7.10. The molecule has 16 heavy (non-hydrogen) atoms. The number of aromatic nitrogens is 1. The fourth-order valence-electron chi connectivity index (χ4n) is 1.37. The molecule has 0 saturated carbocycles. The number of aromatic hydroxyl groups is 2. The number of benzene rings is 1. The lowest BCUT2D eigenvalue weighted by atomic mass is 10.1. The van der Waals surface area contributed by atoms with Crippen molar-refractivity contribution in [2.75, 3.05) is 0 Å². The SMILES string of the molecule is CC(C)c1nc(-c2ccc(O)c(O)c2)cs1. The largest absolute Gasteiger partial charge is 0.504 e. The third-order valence-corrected chi connectivity index (χ3v) is 3.43. The summed E-state index contributed by atoms with van der Waals surface area (Å²) < 4.78 is 0. The first-order valence-corrected chi connectivity index (χ1v) is 5.93. The van der Waals surface area contributed by atoms with Crippen LogP contribution in [0.3, 0.4) is 0 Å². The molecule has 4 heteroatoms. The second kappa shape index (κ2) is 4.14. The van der Waals surface area contributed by atoms with Crippen molar-refractivity contribution < 1.29 is 10.2 Å². The number of phenolic OH excluding ortho intramolecular Hbond substituents is 2. The van der Waals surface area contributed by atoms with Crippen LogP contribution in [0.2, 0.25) is 0 Å². The topological polar surface area (TPSA) is 53.4 Å². The van der Waals surface area contributed by atoms with Gasteiger partial charge in [-0.1, -0.05) is 13.8 Å². The van der Waals surface area contributed by atoms with E-state index >= 15 is 0 Å². The van der Waals surface area contributed by atoms with Crippen molar-refractivity contribution in [2.45, 2.75) is 19.8 Å². The van der Waals surface area contributed by atoms with Gasteiger partial charge >= 0.3 is 0 Å². The van der Waals surface area contributed by atoms with Crippen molar-refractivity contribution in [1.82, 2.24) is 4.98 Å². The van der Waals surface area contributed by atoms with E-state index in [1.807, 2.05) is 5.38 Å². The Morgan fingerprint density at radius 3 is 2.50 bits per heavy atom. The predicted molar refractivity (Wildman–Crippen MR) is 65.0 cm³/mol. The zero-order chi connectivity index (χ0) is 11.7. The second-order valence-corrected chi connectivity index (χ2v) is 4.82. The third-order valence-electron chi connectivity index (χ3n) is 2.29. The van der Waals surface area contributed by atoms with Crippen LogP contribution < -0.4 is 0 Å². The van der Waals surface area contributed by atoms with E-state index in [9.17, 15) is 10.2 Å². The third kappa shape index (κ3) is 2.02. The number of phenols is 2. The molecule has 84 valence electrons. The van der Waals surface area contributed by atoms with Gasteiger partial charge in [-0.2, -0.15) is 0 Å². The first kappa shape index (κ1) is 11.0. The molecule has 2 aromatic rings. The van der Waals surface area contributed by atoms with Gasteiger partial charge < -0.3 is 10.2 Å². The van der Waals surface area contributed by atoms with E-state index in [1.165, 1.54) is 12.1 Å². The fourth-order valence-corrected chi connectivity index (χ4v) is 2.21. The van der Waals surface area contributed by atoms with E-state index in [2.05, 4.69) is 18.8 Å². The average Bonchev–Trinajstić information content (AvgIpc) is 2.71. The quantitative estimate of drug-likeness (QED) is 0.785. The lowest BCUT2D eigenvalue weighted by molar-refractivity contribution is 0.404. The van der Waals surface area contributed by atoms with E-state index < -0.39 is 0 Å². The van der Waals surface area contributed by atoms with Crippen LogP contribution in [0.5, 0.6) is 11.5 Å². The molecule has 3 nitrogen and oxygen atoms in total. The fraction of sp³-hybridized carbons (Fsp3) is 0.250. The summed E-state index contributed by atoms with van der Waals surface area (Å²) in [5.41, 5.74) is 1.66. The van der Waals surface area contributed by atoms with Gasteiger partial charge in [0.05, 0.1) is 10.7 Å². The van der Waals surface area contributed by atoms with Gasteiger partial charge in [0, 0.05) is 16.9 Å². The molecule has 0 fully saturated rings. The molecule has 0 saturated heterocycles. The monoisotopic (exact) mass is 235 g/mol. The van der Waals surface area contributed by atoms with Gasteiger partial charge in [0.25, 0.3) is 0 Å². The Morgan fingerprint density at radius 1 is 1.19 bits per heavy atom. The molecule has 2 N–H and O–H groups in total. The minimum atomic E-state index is -0.114. The minimum Gasteiger partial charge on any atom is -0.504 e. The number of hydrogen-bond donors (Lipinski definition) is 2. The Morgan fingerprint density at radius 2 is 1.94 bits per heavy atom. The first-order chi connectivity index (χ1) is 7.58. The Kier molecular flexibility index (Phi) is 2.83. The molecule has 0 unspecified atom stereocenters. The standard InChI is InChI=1S/C12H13NO2S/c1-7(2)12-13-9(6-16-12)8-3-4-10(14)11(15)5-8/h3-7,14-15H,1-2H3. The smallest absolute Gasteiger partial charge is 0.158 e. The number of hydrogen-bond acceptors (Lipinski definition) is 4. The van der Waals surface area contributed by atoms with Gasteiger partial charge in [0.15, 0.2) is 11.5 Å². The molecule has 0 aliphatic heterocycles. The molecule has 0 spiro atoms. The van der Waals surface area contributed by atoms with Gasteiger partial charge in [-0.3, -0.25) is 0 Å². The van der Waals surface area contributed by atoms with Crippen molar-refractivity contribution in [3.63, 3.8) is 0 Å². The van der Waals surface area contributed by atoms with Crippen LogP contribution in [0.1, 0.15) is 24.8 Å². The maximum absolute atomic E-state index is 9.40. The van der Waals surface area contributed by atoms with Crippen LogP contribution in [0.4, 0.5) is 0 Å². The lowest BCUT2D eigenvalue weighted by Gasteiger charge is -2.00. The first-order valence-electron chi connectivity index (χ1n) is 5.05. The van der Waals surface area contributed by atoms with Gasteiger partial charge in [0.2, 0.25) is 0 Å². The van der Waals surface area contributed by atoms with Gasteiger partial charge in [-0.05, 0) is 18.2 Å². The molecule has 0 bridgehead atoms. The molecule has 0 aliphatic carbocycles. The normalized spacial score (nSPS) is 10.9. The summed E-state index contributed by atoms with van der Waals surface area (Å²) in [5, 5.41) is 21.7. The zero-order valence-corrected chi connectivity index (χ0v) is 9.95. The summed E-state index contributed by atoms with van der Waals surface area (Å²) in [5.74, 6) is 0.184. The molecule has 0 radical (unpaired) electrons. The molecule has 0 atom stereocenters. The predicted octanol–water partition coefficient (Wildman–Crippen LogP) is 3.34. The van der Waals surface area contributed by atoms with Crippen molar-refractivity contribution in [3.05, 3.63) is 28.6 Å². The molecule has 1 aromatic heterocycles. The summed E-state index contributed by atoms with van der Waals surface area (Å²) in [6.45, 7) is 4.19. The second-order valence-electron chi connectivity index (χ2n) is 3.93. The maximum atomic E-state index is 9.40. The maximum Gasteiger partial charge on any atom is 0.158 e. The van der Waals surface area contributed by atoms with Crippen molar-refractivity contribution in [2.24, 2.45) is 0 Å². The van der Waals surface area contributed by atoms with E-state index in [0.29, 0.717) is 5.92 Å². The average molecular weight is 235 g/mol. The number of nitrogens with zero attached hydrogens (tertiary/aromatic N) is 1. The van der Waals surface area contributed by atoms with E-state index in [4.69, 9.17) is 0 Å². The van der Waals surface area contributed by atoms with Crippen LogP contribution in [-0.2, 0) is 0 Å². The summed E-state index contributed by atoms with van der Waals surface area (Å²) >= 11 is 1.61. The van der Waals surface area contributed by atoms with Gasteiger partial charge in [-0.25, -0.2) is 4.98 Å².